The highest BCUT2D eigenvalue weighted by Gasteiger charge is 2.10. The quantitative estimate of drug-likeness (QED) is 0.728. The smallest absolute Gasteiger partial charge is 0.172 e. The third-order valence-corrected chi connectivity index (χ3v) is 3.77. The van der Waals surface area contributed by atoms with Crippen LogP contribution in [0.4, 0.5) is 10.2 Å². The van der Waals surface area contributed by atoms with E-state index < -0.39 is 0 Å². The molecule has 0 fully saturated rings. The molecule has 0 saturated carbocycles. The topological polar surface area (TPSA) is 51.8 Å². The van der Waals surface area contributed by atoms with Crippen LogP contribution in [0.3, 0.4) is 0 Å². The van der Waals surface area contributed by atoms with Gasteiger partial charge in [-0.1, -0.05) is 0 Å². The summed E-state index contributed by atoms with van der Waals surface area (Å²) in [5, 5.41) is 2.65. The monoisotopic (exact) mass is 259 g/mol. The number of hydrogen-bond acceptors (Lipinski definition) is 4. The molecule has 0 amide bonds. The van der Waals surface area contributed by atoms with E-state index in [-0.39, 0.29) is 5.82 Å². The van der Waals surface area contributed by atoms with Crippen LogP contribution in [0, 0.1) is 12.7 Å². The van der Waals surface area contributed by atoms with E-state index in [0.29, 0.717) is 22.5 Å². The number of rotatable bonds is 1. The molecule has 1 aromatic carbocycles. The molecule has 5 heteroatoms. The molecule has 18 heavy (non-hydrogen) atoms. The molecule has 90 valence electrons. The maximum atomic E-state index is 13.2. The lowest BCUT2D eigenvalue weighted by Crippen LogP contribution is -1.97. The Balaban J connectivity index is 2.30. The van der Waals surface area contributed by atoms with Gasteiger partial charge >= 0.3 is 0 Å². The van der Waals surface area contributed by atoms with Crippen molar-refractivity contribution in [1.29, 1.82) is 0 Å². The summed E-state index contributed by atoms with van der Waals surface area (Å²) < 4.78 is 13.2. The molecule has 0 aliphatic carbocycles. The molecule has 0 aliphatic heterocycles. The van der Waals surface area contributed by atoms with Crippen LogP contribution in [0.5, 0.6) is 0 Å². The predicted molar refractivity (Wildman–Crippen MR) is 72.0 cm³/mol. The summed E-state index contributed by atoms with van der Waals surface area (Å²) in [6.07, 6.45) is 0. The number of halogens is 1. The molecule has 0 aliphatic rings. The fourth-order valence-electron chi connectivity index (χ4n) is 1.83. The van der Waals surface area contributed by atoms with E-state index in [4.69, 9.17) is 5.73 Å². The Labute approximate surface area is 107 Å². The Morgan fingerprint density at radius 2 is 2.06 bits per heavy atom. The van der Waals surface area contributed by atoms with Crippen molar-refractivity contribution < 1.29 is 4.39 Å². The minimum atomic E-state index is -0.325. The molecule has 0 radical (unpaired) electrons. The van der Waals surface area contributed by atoms with Crippen LogP contribution in [0.1, 0.15) is 5.56 Å². The molecule has 2 heterocycles. The van der Waals surface area contributed by atoms with E-state index in [1.807, 2.05) is 18.4 Å². The van der Waals surface area contributed by atoms with Gasteiger partial charge in [0, 0.05) is 11.5 Å². The first kappa shape index (κ1) is 11.1. The lowest BCUT2D eigenvalue weighted by Gasteiger charge is -2.05. The van der Waals surface area contributed by atoms with Gasteiger partial charge in [-0.2, -0.15) is 0 Å². The van der Waals surface area contributed by atoms with Crippen molar-refractivity contribution in [3.8, 4) is 10.7 Å². The first-order valence-electron chi connectivity index (χ1n) is 5.42. The molecule has 0 bridgehead atoms. The van der Waals surface area contributed by atoms with Gasteiger partial charge in [0.15, 0.2) is 5.82 Å². The summed E-state index contributed by atoms with van der Waals surface area (Å²) in [4.78, 5) is 9.63. The van der Waals surface area contributed by atoms with Crippen LogP contribution in [0.25, 0.3) is 21.6 Å². The predicted octanol–water partition coefficient (Wildman–Crippen LogP) is 3.39. The second-order valence-electron chi connectivity index (χ2n) is 4.03. The average Bonchev–Trinajstić information content (AvgIpc) is 2.74. The number of nitrogen functional groups attached to an aromatic ring is 1. The summed E-state index contributed by atoms with van der Waals surface area (Å²) in [6, 6.07) is 6.33. The minimum Gasteiger partial charge on any atom is -0.383 e. The van der Waals surface area contributed by atoms with E-state index in [2.05, 4.69) is 9.97 Å². The molecule has 2 N–H and O–H groups in total. The number of nitrogens with zero attached hydrogens (tertiary/aromatic N) is 2. The number of thiophene rings is 1. The standard InChI is InChI=1S/C13H10FN3S/c1-7-4-5-18-11(7)13-16-10-6-8(14)2-3-9(10)12(15)17-13/h2-6H,1H3,(H2,15,16,17). The molecule has 0 spiro atoms. The molecule has 3 rings (SSSR count). The van der Waals surface area contributed by atoms with Crippen LogP contribution < -0.4 is 5.73 Å². The lowest BCUT2D eigenvalue weighted by atomic mass is 10.2. The Hall–Kier alpha value is -2.01. The number of benzene rings is 1. The SMILES string of the molecule is Cc1ccsc1-c1nc(N)c2ccc(F)cc2n1. The highest BCUT2D eigenvalue weighted by Crippen LogP contribution is 2.29. The third kappa shape index (κ3) is 1.73. The van der Waals surface area contributed by atoms with Crippen molar-refractivity contribution in [2.75, 3.05) is 5.73 Å². The Morgan fingerprint density at radius 1 is 1.22 bits per heavy atom. The highest BCUT2D eigenvalue weighted by atomic mass is 32.1. The number of anilines is 1. The van der Waals surface area contributed by atoms with Gasteiger partial charge in [-0.05, 0) is 36.1 Å². The lowest BCUT2D eigenvalue weighted by molar-refractivity contribution is 0.629. The number of nitrogens with two attached hydrogens (primary N) is 1. The molecule has 2 aromatic heterocycles. The van der Waals surface area contributed by atoms with Gasteiger partial charge in [0.1, 0.15) is 11.6 Å². The first-order valence-corrected chi connectivity index (χ1v) is 6.30. The summed E-state index contributed by atoms with van der Waals surface area (Å²) in [6.45, 7) is 1.99. The van der Waals surface area contributed by atoms with Crippen molar-refractivity contribution in [3.63, 3.8) is 0 Å². The van der Waals surface area contributed by atoms with Gasteiger partial charge in [-0.15, -0.1) is 11.3 Å². The molecule has 0 atom stereocenters. The largest absolute Gasteiger partial charge is 0.383 e. The molecule has 0 unspecified atom stereocenters. The Bertz CT molecular complexity index is 736. The van der Waals surface area contributed by atoms with E-state index in [1.165, 1.54) is 12.1 Å². The van der Waals surface area contributed by atoms with Gasteiger partial charge in [0.05, 0.1) is 10.4 Å². The molecular formula is C13H10FN3S. The fourth-order valence-corrected chi connectivity index (χ4v) is 2.69. The molecular weight excluding hydrogens is 249 g/mol. The minimum absolute atomic E-state index is 0.325. The maximum absolute atomic E-state index is 13.2. The first-order chi connectivity index (χ1) is 8.65. The fraction of sp³-hybridized carbons (Fsp3) is 0.0769. The van der Waals surface area contributed by atoms with Crippen molar-refractivity contribution in [1.82, 2.24) is 9.97 Å². The average molecular weight is 259 g/mol. The van der Waals surface area contributed by atoms with E-state index >= 15 is 0 Å². The zero-order chi connectivity index (χ0) is 12.7. The summed E-state index contributed by atoms with van der Waals surface area (Å²) in [5.74, 6) is 0.607. The van der Waals surface area contributed by atoms with Gasteiger partial charge in [0.2, 0.25) is 0 Å². The van der Waals surface area contributed by atoms with Gasteiger partial charge < -0.3 is 5.73 Å². The van der Waals surface area contributed by atoms with Crippen LogP contribution in [0.2, 0.25) is 0 Å². The summed E-state index contributed by atoms with van der Waals surface area (Å²) in [5.41, 5.74) is 7.52. The van der Waals surface area contributed by atoms with E-state index in [0.717, 1.165) is 10.4 Å². The van der Waals surface area contributed by atoms with Crippen molar-refractivity contribution in [3.05, 3.63) is 41.0 Å². The number of fused-ring (bicyclic) bond motifs is 1. The van der Waals surface area contributed by atoms with Crippen LogP contribution in [-0.4, -0.2) is 9.97 Å². The number of aromatic nitrogens is 2. The van der Waals surface area contributed by atoms with Crippen molar-refractivity contribution in [2.24, 2.45) is 0 Å². The van der Waals surface area contributed by atoms with E-state index in [9.17, 15) is 4.39 Å². The van der Waals surface area contributed by atoms with Crippen LogP contribution >= 0.6 is 11.3 Å². The Morgan fingerprint density at radius 3 is 2.78 bits per heavy atom. The normalized spacial score (nSPS) is 11.0. The van der Waals surface area contributed by atoms with Crippen molar-refractivity contribution >= 4 is 28.1 Å². The third-order valence-electron chi connectivity index (χ3n) is 2.75. The Kier molecular flexibility index (Phi) is 2.48. The number of aryl methyl sites for hydroxylation is 1. The zero-order valence-corrected chi connectivity index (χ0v) is 10.5. The second-order valence-corrected chi connectivity index (χ2v) is 4.94. The van der Waals surface area contributed by atoms with Crippen LogP contribution in [0.15, 0.2) is 29.6 Å². The second kappa shape index (κ2) is 4.03. The van der Waals surface area contributed by atoms with Gasteiger partial charge in [-0.3, -0.25) is 0 Å². The number of hydrogen-bond donors (Lipinski definition) is 1. The van der Waals surface area contributed by atoms with Crippen molar-refractivity contribution in [2.45, 2.75) is 6.92 Å². The highest BCUT2D eigenvalue weighted by molar-refractivity contribution is 7.13. The van der Waals surface area contributed by atoms with Gasteiger partial charge in [0.25, 0.3) is 0 Å². The molecule has 3 aromatic rings. The van der Waals surface area contributed by atoms with Crippen LogP contribution in [-0.2, 0) is 0 Å². The van der Waals surface area contributed by atoms with E-state index in [1.54, 1.807) is 17.4 Å². The summed E-state index contributed by atoms with van der Waals surface area (Å²) >= 11 is 1.55. The molecule has 0 saturated heterocycles. The zero-order valence-electron chi connectivity index (χ0n) is 9.64. The summed E-state index contributed by atoms with van der Waals surface area (Å²) in [7, 11) is 0. The van der Waals surface area contributed by atoms with Gasteiger partial charge in [-0.25, -0.2) is 14.4 Å². The molecule has 3 nitrogen and oxygen atoms in total. The maximum Gasteiger partial charge on any atom is 0.172 e.